The first-order chi connectivity index (χ1) is 9.20. The van der Waals surface area contributed by atoms with Gasteiger partial charge in [-0.05, 0) is 37.3 Å². The summed E-state index contributed by atoms with van der Waals surface area (Å²) in [5.41, 5.74) is 3.65. The van der Waals surface area contributed by atoms with Crippen molar-refractivity contribution in [3.63, 3.8) is 0 Å². The fraction of sp³-hybridized carbons (Fsp3) is 0.385. The highest BCUT2D eigenvalue weighted by Crippen LogP contribution is 2.29. The lowest BCUT2D eigenvalue weighted by Gasteiger charge is -2.08. The van der Waals surface area contributed by atoms with Crippen LogP contribution in [0.2, 0.25) is 0 Å². The molecule has 6 heteroatoms. The fourth-order valence-corrected chi connectivity index (χ4v) is 4.02. The Morgan fingerprint density at radius 2 is 2.05 bits per heavy atom. The Bertz CT molecular complexity index is 540. The van der Waals surface area contributed by atoms with Crippen molar-refractivity contribution >= 4 is 45.7 Å². The van der Waals surface area contributed by atoms with E-state index in [0.29, 0.717) is 0 Å². The molecule has 1 aromatic heterocycles. The quantitative estimate of drug-likeness (QED) is 0.634. The van der Waals surface area contributed by atoms with Crippen molar-refractivity contribution in [2.24, 2.45) is 0 Å². The standard InChI is InChI=1S/C13H17N3S3/c1-9-5-4-6-11(10(9)2)14-12-15-16-13(19-12)18-8-7-17-3/h4-6H,7-8H2,1-3H3,(H,14,15). The van der Waals surface area contributed by atoms with Crippen molar-refractivity contribution < 1.29 is 0 Å². The molecule has 0 spiro atoms. The van der Waals surface area contributed by atoms with Gasteiger partial charge in [-0.25, -0.2) is 0 Å². The number of aromatic nitrogens is 2. The van der Waals surface area contributed by atoms with E-state index in [1.54, 1.807) is 23.1 Å². The number of thioether (sulfide) groups is 2. The summed E-state index contributed by atoms with van der Waals surface area (Å²) >= 11 is 5.23. The molecule has 1 N–H and O–H groups in total. The second kappa shape index (κ2) is 7.17. The Morgan fingerprint density at radius 3 is 2.84 bits per heavy atom. The Morgan fingerprint density at radius 1 is 1.21 bits per heavy atom. The monoisotopic (exact) mass is 311 g/mol. The molecule has 19 heavy (non-hydrogen) atoms. The zero-order chi connectivity index (χ0) is 13.7. The highest BCUT2D eigenvalue weighted by Gasteiger charge is 2.07. The fourth-order valence-electron chi connectivity index (χ4n) is 1.53. The predicted molar refractivity (Wildman–Crippen MR) is 88.2 cm³/mol. The molecule has 1 heterocycles. The van der Waals surface area contributed by atoms with Crippen LogP contribution in [0.5, 0.6) is 0 Å². The van der Waals surface area contributed by atoms with Crippen LogP contribution in [0, 0.1) is 13.8 Å². The van der Waals surface area contributed by atoms with Crippen molar-refractivity contribution in [2.45, 2.75) is 18.2 Å². The first-order valence-corrected chi connectivity index (χ1v) is 9.19. The zero-order valence-corrected chi connectivity index (χ0v) is 13.7. The molecule has 0 aliphatic rings. The Kier molecular flexibility index (Phi) is 5.54. The Balaban J connectivity index is 2.01. The predicted octanol–water partition coefficient (Wildman–Crippen LogP) is 4.35. The van der Waals surface area contributed by atoms with E-state index in [-0.39, 0.29) is 0 Å². The van der Waals surface area contributed by atoms with E-state index in [1.807, 2.05) is 11.8 Å². The van der Waals surface area contributed by atoms with Crippen LogP contribution < -0.4 is 5.32 Å². The Labute approximate surface area is 126 Å². The van der Waals surface area contributed by atoms with Gasteiger partial charge in [-0.15, -0.1) is 10.2 Å². The van der Waals surface area contributed by atoms with Crippen molar-refractivity contribution in [2.75, 3.05) is 23.1 Å². The summed E-state index contributed by atoms with van der Waals surface area (Å²) in [6.07, 6.45) is 2.12. The molecule has 0 saturated carbocycles. The van der Waals surface area contributed by atoms with E-state index in [0.717, 1.165) is 26.7 Å². The number of anilines is 2. The van der Waals surface area contributed by atoms with E-state index >= 15 is 0 Å². The minimum absolute atomic E-state index is 0.861. The van der Waals surface area contributed by atoms with Gasteiger partial charge in [-0.2, -0.15) is 11.8 Å². The number of benzene rings is 1. The summed E-state index contributed by atoms with van der Waals surface area (Å²) in [5, 5.41) is 12.6. The molecule has 1 aromatic carbocycles. The number of aryl methyl sites for hydroxylation is 1. The number of nitrogens with one attached hydrogen (secondary N) is 1. The summed E-state index contributed by atoms with van der Waals surface area (Å²) in [6.45, 7) is 4.23. The third kappa shape index (κ3) is 4.12. The van der Waals surface area contributed by atoms with Crippen molar-refractivity contribution in [1.29, 1.82) is 0 Å². The highest BCUT2D eigenvalue weighted by molar-refractivity contribution is 8.03. The first kappa shape index (κ1) is 14.7. The smallest absolute Gasteiger partial charge is 0.210 e. The molecule has 0 bridgehead atoms. The van der Waals surface area contributed by atoms with E-state index in [9.17, 15) is 0 Å². The topological polar surface area (TPSA) is 37.8 Å². The van der Waals surface area contributed by atoms with Crippen LogP contribution in [-0.4, -0.2) is 28.0 Å². The molecular formula is C13H17N3S3. The number of nitrogens with zero attached hydrogens (tertiary/aromatic N) is 2. The van der Waals surface area contributed by atoms with Gasteiger partial charge >= 0.3 is 0 Å². The van der Waals surface area contributed by atoms with Gasteiger partial charge in [-0.3, -0.25) is 0 Å². The summed E-state index contributed by atoms with van der Waals surface area (Å²) in [7, 11) is 0. The molecule has 2 aromatic rings. The van der Waals surface area contributed by atoms with Gasteiger partial charge in [0.15, 0.2) is 4.34 Å². The van der Waals surface area contributed by atoms with E-state index in [1.165, 1.54) is 11.1 Å². The minimum atomic E-state index is 0.861. The van der Waals surface area contributed by atoms with Crippen LogP contribution in [-0.2, 0) is 0 Å². The molecule has 102 valence electrons. The van der Waals surface area contributed by atoms with Gasteiger partial charge in [0, 0.05) is 17.2 Å². The third-order valence-corrected chi connectivity index (χ3v) is 5.61. The van der Waals surface area contributed by atoms with Gasteiger partial charge in [0.25, 0.3) is 0 Å². The van der Waals surface area contributed by atoms with Crippen LogP contribution in [0.3, 0.4) is 0 Å². The van der Waals surface area contributed by atoms with Gasteiger partial charge in [0.1, 0.15) is 0 Å². The molecule has 3 nitrogen and oxygen atoms in total. The molecule has 0 saturated heterocycles. The largest absolute Gasteiger partial charge is 0.330 e. The molecule has 2 rings (SSSR count). The molecular weight excluding hydrogens is 294 g/mol. The van der Waals surface area contributed by atoms with Crippen molar-refractivity contribution in [3.8, 4) is 0 Å². The lowest BCUT2D eigenvalue weighted by Crippen LogP contribution is -1.94. The normalized spacial score (nSPS) is 10.7. The van der Waals surface area contributed by atoms with Gasteiger partial charge in [-0.1, -0.05) is 35.2 Å². The number of hydrogen-bond donors (Lipinski definition) is 1. The van der Waals surface area contributed by atoms with Gasteiger partial charge in [0.2, 0.25) is 5.13 Å². The Hall–Kier alpha value is -0.720. The third-order valence-electron chi connectivity index (χ3n) is 2.77. The second-order valence-corrected chi connectivity index (χ2v) is 7.39. The molecule has 0 unspecified atom stereocenters. The van der Waals surface area contributed by atoms with Crippen LogP contribution in [0.25, 0.3) is 0 Å². The number of hydrogen-bond acceptors (Lipinski definition) is 6. The summed E-state index contributed by atoms with van der Waals surface area (Å²) in [4.78, 5) is 0. The van der Waals surface area contributed by atoms with Crippen LogP contribution in [0.4, 0.5) is 10.8 Å². The van der Waals surface area contributed by atoms with E-state index in [2.05, 4.69) is 53.8 Å². The summed E-state index contributed by atoms with van der Waals surface area (Å²) in [5.74, 6) is 2.23. The van der Waals surface area contributed by atoms with Crippen LogP contribution in [0.1, 0.15) is 11.1 Å². The average Bonchev–Trinajstić information content (AvgIpc) is 2.83. The van der Waals surface area contributed by atoms with Gasteiger partial charge in [0.05, 0.1) is 0 Å². The van der Waals surface area contributed by atoms with E-state index in [4.69, 9.17) is 0 Å². The van der Waals surface area contributed by atoms with Crippen molar-refractivity contribution in [1.82, 2.24) is 10.2 Å². The van der Waals surface area contributed by atoms with Crippen molar-refractivity contribution in [3.05, 3.63) is 29.3 Å². The summed E-state index contributed by atoms with van der Waals surface area (Å²) < 4.78 is 1.03. The maximum atomic E-state index is 4.20. The lowest BCUT2D eigenvalue weighted by molar-refractivity contribution is 1.01. The maximum absolute atomic E-state index is 4.20. The molecule has 0 aliphatic heterocycles. The second-order valence-electron chi connectivity index (χ2n) is 4.09. The molecule has 0 fully saturated rings. The first-order valence-electron chi connectivity index (χ1n) is 5.99. The van der Waals surface area contributed by atoms with E-state index < -0.39 is 0 Å². The van der Waals surface area contributed by atoms with Crippen LogP contribution >= 0.6 is 34.9 Å². The molecule has 0 atom stereocenters. The van der Waals surface area contributed by atoms with Crippen LogP contribution in [0.15, 0.2) is 22.5 Å². The maximum Gasteiger partial charge on any atom is 0.210 e. The lowest BCUT2D eigenvalue weighted by atomic mass is 10.1. The number of rotatable bonds is 6. The molecule has 0 radical (unpaired) electrons. The van der Waals surface area contributed by atoms with Gasteiger partial charge < -0.3 is 5.32 Å². The minimum Gasteiger partial charge on any atom is -0.330 e. The summed E-state index contributed by atoms with van der Waals surface area (Å²) in [6, 6.07) is 6.24. The molecule has 0 aliphatic carbocycles. The average molecular weight is 312 g/mol. The zero-order valence-electron chi connectivity index (χ0n) is 11.3. The highest BCUT2D eigenvalue weighted by atomic mass is 32.2. The SMILES string of the molecule is CSCCSc1nnc(Nc2cccc(C)c2C)s1. The molecule has 0 amide bonds.